The zero-order valence-electron chi connectivity index (χ0n) is 19.8. The van der Waals surface area contributed by atoms with Crippen LogP contribution in [0.4, 0.5) is 0 Å². The molecule has 3 aromatic carbocycles. The molecule has 0 aliphatic rings. The van der Waals surface area contributed by atoms with E-state index in [0.717, 1.165) is 17.5 Å². The Hall–Kier alpha value is -2.47. The van der Waals surface area contributed by atoms with Crippen molar-refractivity contribution in [2.45, 2.75) is 38.1 Å². The van der Waals surface area contributed by atoms with Gasteiger partial charge in [-0.1, -0.05) is 96.9 Å². The smallest absolute Gasteiger partial charge is 0.243 e. The maximum Gasteiger partial charge on any atom is 0.243 e. The SMILES string of the molecule is CCCNC(=O)[C@@H](Cc1ccccc1)N(Cc1c(Cl)cccc1Cl)C(=O)CSCc1ccccc1. The van der Waals surface area contributed by atoms with Crippen molar-refractivity contribution in [2.75, 3.05) is 12.3 Å². The maximum absolute atomic E-state index is 13.6. The molecule has 0 spiro atoms. The fourth-order valence-electron chi connectivity index (χ4n) is 3.69. The summed E-state index contributed by atoms with van der Waals surface area (Å²) in [5.74, 6) is 0.636. The van der Waals surface area contributed by atoms with Gasteiger partial charge >= 0.3 is 0 Å². The molecule has 3 rings (SSSR count). The molecule has 0 aliphatic heterocycles. The summed E-state index contributed by atoms with van der Waals surface area (Å²) >= 11 is 14.5. The predicted molar refractivity (Wildman–Crippen MR) is 147 cm³/mol. The van der Waals surface area contributed by atoms with E-state index >= 15 is 0 Å². The second kappa shape index (κ2) is 14.2. The molecule has 2 amide bonds. The van der Waals surface area contributed by atoms with Crippen LogP contribution in [0.1, 0.15) is 30.0 Å². The molecule has 0 saturated carbocycles. The summed E-state index contributed by atoms with van der Waals surface area (Å²) < 4.78 is 0. The van der Waals surface area contributed by atoms with Crippen molar-refractivity contribution in [1.29, 1.82) is 0 Å². The summed E-state index contributed by atoms with van der Waals surface area (Å²) in [4.78, 5) is 28.6. The van der Waals surface area contributed by atoms with Gasteiger partial charge in [-0.3, -0.25) is 9.59 Å². The third-order valence-corrected chi connectivity index (χ3v) is 7.24. The van der Waals surface area contributed by atoms with Crippen LogP contribution in [-0.2, 0) is 28.3 Å². The van der Waals surface area contributed by atoms with Crippen LogP contribution in [-0.4, -0.2) is 35.1 Å². The lowest BCUT2D eigenvalue weighted by Gasteiger charge is -2.32. The predicted octanol–water partition coefficient (Wildman–Crippen LogP) is 6.39. The molecule has 0 saturated heterocycles. The van der Waals surface area contributed by atoms with Crippen LogP contribution in [0.2, 0.25) is 10.0 Å². The van der Waals surface area contributed by atoms with Gasteiger partial charge in [0.2, 0.25) is 11.8 Å². The van der Waals surface area contributed by atoms with E-state index in [1.54, 1.807) is 23.1 Å². The molecular formula is C28H30Cl2N2O2S. The summed E-state index contributed by atoms with van der Waals surface area (Å²) in [7, 11) is 0. The molecule has 184 valence electrons. The molecule has 0 heterocycles. The van der Waals surface area contributed by atoms with Gasteiger partial charge in [0, 0.05) is 40.9 Å². The van der Waals surface area contributed by atoms with Crippen molar-refractivity contribution in [2.24, 2.45) is 0 Å². The van der Waals surface area contributed by atoms with E-state index in [2.05, 4.69) is 5.32 Å². The van der Waals surface area contributed by atoms with Gasteiger partial charge in [0.15, 0.2) is 0 Å². The molecule has 0 aromatic heterocycles. The van der Waals surface area contributed by atoms with Crippen LogP contribution in [0, 0.1) is 0 Å². The monoisotopic (exact) mass is 528 g/mol. The van der Waals surface area contributed by atoms with E-state index in [1.165, 1.54) is 11.8 Å². The second-order valence-electron chi connectivity index (χ2n) is 8.20. The molecule has 3 aromatic rings. The zero-order valence-corrected chi connectivity index (χ0v) is 22.1. The van der Waals surface area contributed by atoms with Crippen molar-refractivity contribution in [3.8, 4) is 0 Å². The Balaban J connectivity index is 1.88. The minimum absolute atomic E-state index is 0.130. The number of nitrogens with zero attached hydrogens (tertiary/aromatic N) is 1. The zero-order chi connectivity index (χ0) is 25.0. The number of halogens is 2. The fourth-order valence-corrected chi connectivity index (χ4v) is 5.07. The first-order chi connectivity index (χ1) is 17.0. The highest BCUT2D eigenvalue weighted by Crippen LogP contribution is 2.28. The molecule has 4 nitrogen and oxygen atoms in total. The van der Waals surface area contributed by atoms with Gasteiger partial charge in [-0.15, -0.1) is 11.8 Å². The van der Waals surface area contributed by atoms with Crippen LogP contribution in [0.15, 0.2) is 78.9 Å². The quantitative estimate of drug-likeness (QED) is 0.296. The highest BCUT2D eigenvalue weighted by atomic mass is 35.5. The summed E-state index contributed by atoms with van der Waals surface area (Å²) in [5.41, 5.74) is 2.76. The van der Waals surface area contributed by atoms with E-state index in [4.69, 9.17) is 23.2 Å². The van der Waals surface area contributed by atoms with Crippen LogP contribution in [0.5, 0.6) is 0 Å². The van der Waals surface area contributed by atoms with Gasteiger partial charge in [-0.25, -0.2) is 0 Å². The molecule has 7 heteroatoms. The first kappa shape index (κ1) is 27.1. The van der Waals surface area contributed by atoms with Gasteiger partial charge in [-0.05, 0) is 29.7 Å². The van der Waals surface area contributed by atoms with Crippen molar-refractivity contribution in [1.82, 2.24) is 10.2 Å². The Morgan fingerprint density at radius 1 is 0.886 bits per heavy atom. The van der Waals surface area contributed by atoms with Crippen LogP contribution in [0.25, 0.3) is 0 Å². The number of nitrogens with one attached hydrogen (secondary N) is 1. The van der Waals surface area contributed by atoms with Gasteiger partial charge < -0.3 is 10.2 Å². The van der Waals surface area contributed by atoms with Gasteiger partial charge in [0.25, 0.3) is 0 Å². The molecule has 0 radical (unpaired) electrons. The first-order valence-corrected chi connectivity index (χ1v) is 13.6. The van der Waals surface area contributed by atoms with Crippen LogP contribution >= 0.6 is 35.0 Å². The first-order valence-electron chi connectivity index (χ1n) is 11.6. The number of rotatable bonds is 12. The number of carbonyl (C=O) groups excluding carboxylic acids is 2. The Morgan fingerprint density at radius 3 is 2.09 bits per heavy atom. The summed E-state index contributed by atoms with van der Waals surface area (Å²) in [6, 6.07) is 24.3. The molecule has 35 heavy (non-hydrogen) atoms. The van der Waals surface area contributed by atoms with Crippen molar-refractivity contribution in [3.05, 3.63) is 106 Å². The lowest BCUT2D eigenvalue weighted by Crippen LogP contribution is -2.51. The number of amides is 2. The fraction of sp³-hybridized carbons (Fsp3) is 0.286. The van der Waals surface area contributed by atoms with Gasteiger partial charge in [0.1, 0.15) is 6.04 Å². The molecule has 0 aliphatic carbocycles. The molecular weight excluding hydrogens is 499 g/mol. The molecule has 0 unspecified atom stereocenters. The van der Waals surface area contributed by atoms with E-state index in [9.17, 15) is 9.59 Å². The highest BCUT2D eigenvalue weighted by molar-refractivity contribution is 7.99. The third kappa shape index (κ3) is 8.31. The summed E-state index contributed by atoms with van der Waals surface area (Å²) in [5, 5.41) is 3.92. The normalized spacial score (nSPS) is 11.6. The Kier molecular flexibility index (Phi) is 11.0. The van der Waals surface area contributed by atoms with E-state index < -0.39 is 6.04 Å². The standard InChI is InChI=1S/C28H30Cl2N2O2S/c1-2-16-31-28(34)26(17-21-10-5-3-6-11-21)32(18-23-24(29)14-9-15-25(23)30)27(33)20-35-19-22-12-7-4-8-13-22/h3-15,26H,2,16-20H2,1H3,(H,31,34)/t26-/m1/s1. The Morgan fingerprint density at radius 2 is 1.49 bits per heavy atom. The number of benzene rings is 3. The average Bonchev–Trinajstić information content (AvgIpc) is 2.87. The highest BCUT2D eigenvalue weighted by Gasteiger charge is 2.31. The average molecular weight is 530 g/mol. The van der Waals surface area contributed by atoms with Gasteiger partial charge in [0.05, 0.1) is 5.75 Å². The largest absolute Gasteiger partial charge is 0.354 e. The third-order valence-electron chi connectivity index (χ3n) is 5.55. The minimum Gasteiger partial charge on any atom is -0.354 e. The Bertz CT molecular complexity index is 1080. The topological polar surface area (TPSA) is 49.4 Å². The maximum atomic E-state index is 13.6. The van der Waals surface area contributed by atoms with Crippen LogP contribution in [0.3, 0.4) is 0 Å². The van der Waals surface area contributed by atoms with Crippen molar-refractivity contribution < 1.29 is 9.59 Å². The molecule has 1 N–H and O–H groups in total. The van der Waals surface area contributed by atoms with Gasteiger partial charge in [-0.2, -0.15) is 0 Å². The molecule has 0 fully saturated rings. The van der Waals surface area contributed by atoms with E-state index in [-0.39, 0.29) is 24.1 Å². The second-order valence-corrected chi connectivity index (χ2v) is 10.00. The lowest BCUT2D eigenvalue weighted by molar-refractivity contribution is -0.139. The van der Waals surface area contributed by atoms with Crippen molar-refractivity contribution in [3.63, 3.8) is 0 Å². The lowest BCUT2D eigenvalue weighted by atomic mass is 10.0. The molecule has 0 bridgehead atoms. The number of carbonyl (C=O) groups is 2. The Labute approximate surface area is 222 Å². The van der Waals surface area contributed by atoms with E-state index in [1.807, 2.05) is 67.6 Å². The number of thioether (sulfide) groups is 1. The van der Waals surface area contributed by atoms with Crippen molar-refractivity contribution >= 4 is 46.8 Å². The number of hydrogen-bond acceptors (Lipinski definition) is 3. The van der Waals surface area contributed by atoms with Crippen LogP contribution < -0.4 is 5.32 Å². The summed E-state index contributed by atoms with van der Waals surface area (Å²) in [6.45, 7) is 2.70. The minimum atomic E-state index is -0.693. The molecule has 1 atom stereocenters. The summed E-state index contributed by atoms with van der Waals surface area (Å²) in [6.07, 6.45) is 1.20. The van der Waals surface area contributed by atoms with E-state index in [0.29, 0.717) is 34.3 Å². The number of hydrogen-bond donors (Lipinski definition) is 1.